The molecule has 2 heteroatoms. The van der Waals surface area contributed by atoms with Gasteiger partial charge in [-0.15, -0.1) is 0 Å². The fraction of sp³-hybridized carbons (Fsp3) is 0.600. The fourth-order valence-electron chi connectivity index (χ4n) is 1.95. The molecule has 0 fully saturated rings. The van der Waals surface area contributed by atoms with Gasteiger partial charge in [-0.05, 0) is 50.6 Å². The highest BCUT2D eigenvalue weighted by Gasteiger charge is 2.00. The van der Waals surface area contributed by atoms with Crippen molar-refractivity contribution in [2.45, 2.75) is 33.1 Å². The number of aryl methyl sites for hydroxylation is 1. The molecule has 2 nitrogen and oxygen atoms in total. The molecule has 0 bridgehead atoms. The summed E-state index contributed by atoms with van der Waals surface area (Å²) >= 11 is 0. The molecule has 0 heterocycles. The third-order valence-electron chi connectivity index (χ3n) is 3.04. The van der Waals surface area contributed by atoms with Crippen LogP contribution in [-0.2, 0) is 0 Å². The van der Waals surface area contributed by atoms with E-state index in [1.807, 2.05) is 0 Å². The van der Waals surface area contributed by atoms with Crippen molar-refractivity contribution in [3.8, 4) is 0 Å². The summed E-state index contributed by atoms with van der Waals surface area (Å²) in [5, 5.41) is 3.36. The zero-order chi connectivity index (χ0) is 12.5. The highest BCUT2D eigenvalue weighted by Crippen LogP contribution is 2.14. The second-order valence-electron chi connectivity index (χ2n) is 4.67. The zero-order valence-electron chi connectivity index (χ0n) is 11.5. The van der Waals surface area contributed by atoms with Gasteiger partial charge in [0.05, 0.1) is 0 Å². The summed E-state index contributed by atoms with van der Waals surface area (Å²) in [6.07, 6.45) is 3.87. The van der Waals surface area contributed by atoms with Gasteiger partial charge >= 0.3 is 0 Å². The number of unbranched alkanes of at least 4 members (excludes halogenated alkanes) is 2. The van der Waals surface area contributed by atoms with Gasteiger partial charge in [0, 0.05) is 19.3 Å². The van der Waals surface area contributed by atoms with Crippen molar-refractivity contribution in [3.05, 3.63) is 29.8 Å². The number of hydrogen-bond donors (Lipinski definition) is 1. The van der Waals surface area contributed by atoms with E-state index in [0.717, 1.165) is 19.6 Å². The summed E-state index contributed by atoms with van der Waals surface area (Å²) in [6.45, 7) is 7.70. The normalized spacial score (nSPS) is 10.5. The molecule has 1 aromatic rings. The van der Waals surface area contributed by atoms with Crippen molar-refractivity contribution in [1.29, 1.82) is 0 Å². The van der Waals surface area contributed by atoms with Crippen LogP contribution in [0.5, 0.6) is 0 Å². The Hall–Kier alpha value is -1.02. The predicted octanol–water partition coefficient (Wildman–Crippen LogP) is 3.21. The van der Waals surface area contributed by atoms with E-state index in [9.17, 15) is 0 Å². The van der Waals surface area contributed by atoms with E-state index in [1.54, 1.807) is 0 Å². The highest BCUT2D eigenvalue weighted by molar-refractivity contribution is 5.47. The first kappa shape index (κ1) is 14.0. The monoisotopic (exact) mass is 234 g/mol. The van der Waals surface area contributed by atoms with E-state index in [1.165, 1.54) is 30.5 Å². The molecule has 1 aromatic carbocycles. The van der Waals surface area contributed by atoms with Crippen LogP contribution in [-0.4, -0.2) is 26.7 Å². The fourth-order valence-corrected chi connectivity index (χ4v) is 1.95. The smallest absolute Gasteiger partial charge is 0.0366 e. The van der Waals surface area contributed by atoms with Crippen LogP contribution in [0, 0.1) is 6.92 Å². The van der Waals surface area contributed by atoms with Crippen molar-refractivity contribution in [2.24, 2.45) is 0 Å². The topological polar surface area (TPSA) is 15.3 Å². The Morgan fingerprint density at radius 1 is 1.18 bits per heavy atom. The summed E-state index contributed by atoms with van der Waals surface area (Å²) in [7, 11) is 2.18. The van der Waals surface area contributed by atoms with Crippen molar-refractivity contribution in [3.63, 3.8) is 0 Å². The number of nitrogens with one attached hydrogen (secondary N) is 1. The van der Waals surface area contributed by atoms with E-state index < -0.39 is 0 Å². The standard InChI is InChI=1S/C15H26N2/c1-4-16-11-6-5-7-12-17(3)15-10-8-9-14(2)13-15/h8-10,13,16H,4-7,11-12H2,1-3H3. The Morgan fingerprint density at radius 2 is 2.00 bits per heavy atom. The molecular weight excluding hydrogens is 208 g/mol. The van der Waals surface area contributed by atoms with Crippen LogP contribution < -0.4 is 10.2 Å². The lowest BCUT2D eigenvalue weighted by Crippen LogP contribution is -2.19. The average molecular weight is 234 g/mol. The van der Waals surface area contributed by atoms with E-state index >= 15 is 0 Å². The number of nitrogens with zero attached hydrogens (tertiary/aromatic N) is 1. The molecule has 0 unspecified atom stereocenters. The molecule has 0 aliphatic heterocycles. The molecule has 0 aliphatic rings. The van der Waals surface area contributed by atoms with Crippen molar-refractivity contribution in [1.82, 2.24) is 5.32 Å². The molecule has 1 N–H and O–H groups in total. The van der Waals surface area contributed by atoms with Crippen molar-refractivity contribution >= 4 is 5.69 Å². The van der Waals surface area contributed by atoms with Gasteiger partial charge in [0.2, 0.25) is 0 Å². The van der Waals surface area contributed by atoms with Crippen molar-refractivity contribution < 1.29 is 0 Å². The Balaban J connectivity index is 2.19. The second-order valence-corrected chi connectivity index (χ2v) is 4.67. The minimum atomic E-state index is 1.09. The number of benzene rings is 1. The molecule has 0 spiro atoms. The minimum Gasteiger partial charge on any atom is -0.375 e. The van der Waals surface area contributed by atoms with Gasteiger partial charge < -0.3 is 10.2 Å². The van der Waals surface area contributed by atoms with Crippen LogP contribution in [0.2, 0.25) is 0 Å². The first-order chi connectivity index (χ1) is 8.24. The maximum absolute atomic E-state index is 3.36. The van der Waals surface area contributed by atoms with Gasteiger partial charge in [-0.3, -0.25) is 0 Å². The van der Waals surface area contributed by atoms with E-state index in [-0.39, 0.29) is 0 Å². The minimum absolute atomic E-state index is 1.09. The quantitative estimate of drug-likeness (QED) is 0.695. The van der Waals surface area contributed by atoms with Crippen LogP contribution in [0.15, 0.2) is 24.3 Å². The van der Waals surface area contributed by atoms with Gasteiger partial charge in [0.25, 0.3) is 0 Å². The van der Waals surface area contributed by atoms with Crippen LogP contribution >= 0.6 is 0 Å². The number of hydrogen-bond acceptors (Lipinski definition) is 2. The molecule has 96 valence electrons. The molecule has 0 saturated carbocycles. The lowest BCUT2D eigenvalue weighted by Gasteiger charge is -2.19. The SMILES string of the molecule is CCNCCCCCN(C)c1cccc(C)c1. The first-order valence-electron chi connectivity index (χ1n) is 6.72. The zero-order valence-corrected chi connectivity index (χ0v) is 11.5. The molecule has 0 saturated heterocycles. The molecule has 0 aliphatic carbocycles. The van der Waals surface area contributed by atoms with E-state index in [0.29, 0.717) is 0 Å². The lowest BCUT2D eigenvalue weighted by molar-refractivity contribution is 0.615. The molecule has 0 aromatic heterocycles. The van der Waals surface area contributed by atoms with Gasteiger partial charge in [-0.2, -0.15) is 0 Å². The van der Waals surface area contributed by atoms with E-state index in [2.05, 4.69) is 55.4 Å². The van der Waals surface area contributed by atoms with Gasteiger partial charge in [-0.1, -0.05) is 25.5 Å². The summed E-state index contributed by atoms with van der Waals surface area (Å²) in [6, 6.07) is 8.71. The molecule has 0 radical (unpaired) electrons. The first-order valence-corrected chi connectivity index (χ1v) is 6.72. The lowest BCUT2D eigenvalue weighted by atomic mass is 10.2. The summed E-state index contributed by atoms with van der Waals surface area (Å²) < 4.78 is 0. The Kier molecular flexibility index (Phi) is 6.71. The molecule has 0 atom stereocenters. The molecular formula is C15H26N2. The average Bonchev–Trinajstić information content (AvgIpc) is 2.33. The maximum Gasteiger partial charge on any atom is 0.0366 e. The van der Waals surface area contributed by atoms with Crippen LogP contribution in [0.4, 0.5) is 5.69 Å². The third kappa shape index (κ3) is 5.73. The Bertz CT molecular complexity index is 310. The summed E-state index contributed by atoms with van der Waals surface area (Å²) in [5.41, 5.74) is 2.66. The van der Waals surface area contributed by atoms with Gasteiger partial charge in [0.1, 0.15) is 0 Å². The molecule has 1 rings (SSSR count). The Labute approximate surface area is 106 Å². The third-order valence-corrected chi connectivity index (χ3v) is 3.04. The van der Waals surface area contributed by atoms with Crippen molar-refractivity contribution in [2.75, 3.05) is 31.6 Å². The van der Waals surface area contributed by atoms with Crippen LogP contribution in [0.1, 0.15) is 31.7 Å². The molecule has 17 heavy (non-hydrogen) atoms. The summed E-state index contributed by atoms with van der Waals surface area (Å²) in [5.74, 6) is 0. The molecule has 0 amide bonds. The largest absolute Gasteiger partial charge is 0.375 e. The summed E-state index contributed by atoms with van der Waals surface area (Å²) in [4.78, 5) is 2.35. The number of rotatable bonds is 8. The van der Waals surface area contributed by atoms with E-state index in [4.69, 9.17) is 0 Å². The maximum atomic E-state index is 3.36. The predicted molar refractivity (Wildman–Crippen MR) is 76.8 cm³/mol. The second kappa shape index (κ2) is 8.13. The van der Waals surface area contributed by atoms with Crippen LogP contribution in [0.25, 0.3) is 0 Å². The Morgan fingerprint density at radius 3 is 2.71 bits per heavy atom. The van der Waals surface area contributed by atoms with Crippen LogP contribution in [0.3, 0.4) is 0 Å². The number of anilines is 1. The van der Waals surface area contributed by atoms with Gasteiger partial charge in [0.15, 0.2) is 0 Å². The highest BCUT2D eigenvalue weighted by atomic mass is 15.1. The van der Waals surface area contributed by atoms with Gasteiger partial charge in [-0.25, -0.2) is 0 Å².